The van der Waals surface area contributed by atoms with Crippen LogP contribution in [0.1, 0.15) is 38.5 Å². The molecule has 4 heteroatoms. The molecule has 4 nitrogen and oxygen atoms in total. The summed E-state index contributed by atoms with van der Waals surface area (Å²) < 4.78 is 0. The van der Waals surface area contributed by atoms with Crippen molar-refractivity contribution in [2.24, 2.45) is 11.7 Å². The van der Waals surface area contributed by atoms with Gasteiger partial charge in [0.25, 0.3) is 0 Å². The van der Waals surface area contributed by atoms with Crippen LogP contribution in [0.15, 0.2) is 48.8 Å². The minimum atomic E-state index is -0.423. The van der Waals surface area contributed by atoms with Gasteiger partial charge in [0.15, 0.2) is 0 Å². The van der Waals surface area contributed by atoms with Gasteiger partial charge in [0.05, 0.1) is 6.04 Å². The summed E-state index contributed by atoms with van der Waals surface area (Å²) in [6.07, 6.45) is 10.6. The number of pyridine rings is 1. The molecule has 1 aliphatic carbocycles. The van der Waals surface area contributed by atoms with E-state index in [0.29, 0.717) is 5.92 Å². The zero-order valence-electron chi connectivity index (χ0n) is 13.9. The Kier molecular flexibility index (Phi) is 5.59. The fourth-order valence-corrected chi connectivity index (χ4v) is 3.41. The summed E-state index contributed by atoms with van der Waals surface area (Å²) in [5.74, 6) is 0.519. The summed E-state index contributed by atoms with van der Waals surface area (Å²) >= 11 is 0. The van der Waals surface area contributed by atoms with Crippen molar-refractivity contribution in [2.75, 3.05) is 5.32 Å². The van der Waals surface area contributed by atoms with E-state index in [1.54, 1.807) is 12.4 Å². The highest BCUT2D eigenvalue weighted by Gasteiger charge is 2.21. The second-order valence-electron chi connectivity index (χ2n) is 6.65. The molecule has 0 spiro atoms. The molecule has 1 fully saturated rings. The Morgan fingerprint density at radius 3 is 2.33 bits per heavy atom. The highest BCUT2D eigenvalue weighted by molar-refractivity contribution is 5.94. The predicted molar refractivity (Wildman–Crippen MR) is 97.5 cm³/mol. The van der Waals surface area contributed by atoms with Crippen LogP contribution in [-0.4, -0.2) is 16.9 Å². The molecule has 0 unspecified atom stereocenters. The van der Waals surface area contributed by atoms with E-state index in [-0.39, 0.29) is 5.91 Å². The van der Waals surface area contributed by atoms with Crippen LogP contribution in [0.2, 0.25) is 0 Å². The van der Waals surface area contributed by atoms with Crippen LogP contribution in [0, 0.1) is 5.92 Å². The molecule has 0 saturated heterocycles. The van der Waals surface area contributed by atoms with Gasteiger partial charge in [-0.3, -0.25) is 9.78 Å². The summed E-state index contributed by atoms with van der Waals surface area (Å²) in [5.41, 5.74) is 9.09. The molecule has 1 aliphatic rings. The lowest BCUT2D eigenvalue weighted by Crippen LogP contribution is -2.37. The Bertz CT molecular complexity index is 648. The number of hydrogen-bond acceptors (Lipinski definition) is 3. The Balaban J connectivity index is 1.56. The van der Waals surface area contributed by atoms with Crippen LogP contribution in [0.5, 0.6) is 0 Å². The number of benzene rings is 1. The van der Waals surface area contributed by atoms with E-state index in [4.69, 9.17) is 5.73 Å². The topological polar surface area (TPSA) is 68.0 Å². The number of hydrogen-bond donors (Lipinski definition) is 2. The molecule has 0 radical (unpaired) electrons. The molecule has 3 N–H and O–H groups in total. The van der Waals surface area contributed by atoms with Crippen LogP contribution in [0.25, 0.3) is 11.1 Å². The van der Waals surface area contributed by atoms with Gasteiger partial charge in [-0.25, -0.2) is 0 Å². The Morgan fingerprint density at radius 1 is 1.04 bits per heavy atom. The molecule has 1 aromatic carbocycles. The highest BCUT2D eigenvalue weighted by Crippen LogP contribution is 2.27. The second-order valence-corrected chi connectivity index (χ2v) is 6.65. The average Bonchev–Trinajstić information content (AvgIpc) is 2.64. The zero-order chi connectivity index (χ0) is 16.8. The molecule has 1 saturated carbocycles. The summed E-state index contributed by atoms with van der Waals surface area (Å²) in [6.45, 7) is 0. The molecule has 0 bridgehead atoms. The first-order valence-electron chi connectivity index (χ1n) is 8.79. The molecule has 1 heterocycles. The molecule has 2 aromatic rings. The lowest BCUT2D eigenvalue weighted by molar-refractivity contribution is -0.117. The number of carbonyl (C=O) groups excluding carboxylic acids is 1. The average molecular weight is 323 g/mol. The molecular formula is C20H25N3O. The summed E-state index contributed by atoms with van der Waals surface area (Å²) in [4.78, 5) is 16.3. The van der Waals surface area contributed by atoms with E-state index in [2.05, 4.69) is 10.3 Å². The number of nitrogens with zero attached hydrogens (tertiary/aromatic N) is 1. The normalized spacial score (nSPS) is 16.5. The summed E-state index contributed by atoms with van der Waals surface area (Å²) in [5, 5.41) is 2.93. The number of nitrogens with one attached hydrogen (secondary N) is 1. The van der Waals surface area contributed by atoms with Gasteiger partial charge < -0.3 is 11.1 Å². The van der Waals surface area contributed by atoms with E-state index >= 15 is 0 Å². The fourth-order valence-electron chi connectivity index (χ4n) is 3.41. The Morgan fingerprint density at radius 2 is 1.67 bits per heavy atom. The predicted octanol–water partition coefficient (Wildman–Crippen LogP) is 3.98. The summed E-state index contributed by atoms with van der Waals surface area (Å²) in [7, 11) is 0. The third-order valence-corrected chi connectivity index (χ3v) is 4.81. The largest absolute Gasteiger partial charge is 0.325 e. The number of carbonyl (C=O) groups is 1. The Labute approximate surface area is 143 Å². The van der Waals surface area contributed by atoms with Gasteiger partial charge in [-0.2, -0.15) is 0 Å². The lowest BCUT2D eigenvalue weighted by Gasteiger charge is -2.24. The SMILES string of the molecule is N[C@H](CC1CCCCC1)C(=O)Nc1ccc(-c2ccncc2)cc1. The van der Waals surface area contributed by atoms with Gasteiger partial charge in [0.2, 0.25) is 5.91 Å². The van der Waals surface area contributed by atoms with Crippen molar-refractivity contribution in [3.63, 3.8) is 0 Å². The van der Waals surface area contributed by atoms with Crippen LogP contribution in [-0.2, 0) is 4.79 Å². The maximum absolute atomic E-state index is 12.3. The van der Waals surface area contributed by atoms with E-state index in [1.807, 2.05) is 36.4 Å². The van der Waals surface area contributed by atoms with Crippen molar-refractivity contribution < 1.29 is 4.79 Å². The van der Waals surface area contributed by atoms with Crippen molar-refractivity contribution in [2.45, 2.75) is 44.6 Å². The second kappa shape index (κ2) is 8.06. The van der Waals surface area contributed by atoms with Gasteiger partial charge in [0, 0.05) is 18.1 Å². The van der Waals surface area contributed by atoms with E-state index in [1.165, 1.54) is 32.1 Å². The third-order valence-electron chi connectivity index (χ3n) is 4.81. The first kappa shape index (κ1) is 16.7. The van der Waals surface area contributed by atoms with Crippen LogP contribution in [0.3, 0.4) is 0 Å². The monoisotopic (exact) mass is 323 g/mol. The molecule has 1 aromatic heterocycles. The number of amides is 1. The number of rotatable bonds is 5. The van der Waals surface area contributed by atoms with Gasteiger partial charge in [-0.05, 0) is 47.7 Å². The molecule has 1 atom stereocenters. The van der Waals surface area contributed by atoms with Crippen LogP contribution >= 0.6 is 0 Å². The molecule has 126 valence electrons. The minimum absolute atomic E-state index is 0.0859. The highest BCUT2D eigenvalue weighted by atomic mass is 16.2. The number of nitrogens with two attached hydrogens (primary N) is 1. The van der Waals surface area contributed by atoms with Crippen LogP contribution in [0.4, 0.5) is 5.69 Å². The van der Waals surface area contributed by atoms with Gasteiger partial charge in [-0.1, -0.05) is 44.2 Å². The quantitative estimate of drug-likeness (QED) is 0.874. The van der Waals surface area contributed by atoms with Crippen LogP contribution < -0.4 is 11.1 Å². The molecule has 1 amide bonds. The molecule has 0 aliphatic heterocycles. The van der Waals surface area contributed by atoms with Gasteiger partial charge in [0.1, 0.15) is 0 Å². The van der Waals surface area contributed by atoms with E-state index < -0.39 is 6.04 Å². The van der Waals surface area contributed by atoms with E-state index in [0.717, 1.165) is 23.2 Å². The number of anilines is 1. The fraction of sp³-hybridized carbons (Fsp3) is 0.400. The molecular weight excluding hydrogens is 298 g/mol. The van der Waals surface area contributed by atoms with Crippen molar-refractivity contribution in [1.82, 2.24) is 4.98 Å². The van der Waals surface area contributed by atoms with E-state index in [9.17, 15) is 4.79 Å². The van der Waals surface area contributed by atoms with Crippen molar-refractivity contribution in [3.8, 4) is 11.1 Å². The minimum Gasteiger partial charge on any atom is -0.325 e. The first-order valence-corrected chi connectivity index (χ1v) is 8.79. The third kappa shape index (κ3) is 4.42. The Hall–Kier alpha value is -2.20. The maximum atomic E-state index is 12.3. The number of aromatic nitrogens is 1. The lowest BCUT2D eigenvalue weighted by atomic mass is 9.85. The first-order chi connectivity index (χ1) is 11.7. The standard InChI is InChI=1S/C20H25N3O/c21-19(14-15-4-2-1-3-5-15)20(24)23-18-8-6-16(7-9-18)17-10-12-22-13-11-17/h6-13,15,19H,1-5,14,21H2,(H,23,24)/t19-/m1/s1. The smallest absolute Gasteiger partial charge is 0.241 e. The molecule has 24 heavy (non-hydrogen) atoms. The maximum Gasteiger partial charge on any atom is 0.241 e. The van der Waals surface area contributed by atoms with Crippen molar-refractivity contribution in [1.29, 1.82) is 0 Å². The van der Waals surface area contributed by atoms with Gasteiger partial charge >= 0.3 is 0 Å². The zero-order valence-corrected chi connectivity index (χ0v) is 13.9. The van der Waals surface area contributed by atoms with Crippen molar-refractivity contribution in [3.05, 3.63) is 48.8 Å². The van der Waals surface area contributed by atoms with Gasteiger partial charge in [-0.15, -0.1) is 0 Å². The van der Waals surface area contributed by atoms with Crippen molar-refractivity contribution >= 4 is 11.6 Å². The molecule has 3 rings (SSSR count). The summed E-state index contributed by atoms with van der Waals surface area (Å²) in [6, 6.07) is 11.3.